The molecule has 0 aromatic heterocycles. The molecule has 0 saturated carbocycles. The lowest BCUT2D eigenvalue weighted by molar-refractivity contribution is 0.187. The van der Waals surface area contributed by atoms with Crippen LogP contribution >= 0.6 is 23.2 Å². The first-order valence-corrected chi connectivity index (χ1v) is 8.33. The third kappa shape index (κ3) is 3.07. The molecule has 1 unspecified atom stereocenters. The number of nitrogens with one attached hydrogen (secondary N) is 1. The van der Waals surface area contributed by atoms with E-state index in [1.807, 2.05) is 24.3 Å². The van der Waals surface area contributed by atoms with Crippen molar-refractivity contribution < 1.29 is 12.6 Å². The van der Waals surface area contributed by atoms with E-state index in [-0.39, 0.29) is 14.9 Å². The standard InChI is InChI=1S/C14H11Cl2NO3S/c15-10-5-11(16)7-12(6-10)21(18,19)20-14-13-4-2-1-3-9(13)8-17-14/h1-7,14,17H,8H2. The van der Waals surface area contributed by atoms with E-state index in [1.165, 1.54) is 18.2 Å². The first kappa shape index (κ1) is 14.8. The molecule has 2 aromatic rings. The molecule has 0 amide bonds. The summed E-state index contributed by atoms with van der Waals surface area (Å²) in [5.41, 5.74) is 1.83. The van der Waals surface area contributed by atoms with Crippen LogP contribution in [0.5, 0.6) is 0 Å². The molecule has 110 valence electrons. The van der Waals surface area contributed by atoms with Crippen LogP contribution in [0.3, 0.4) is 0 Å². The molecule has 0 saturated heterocycles. The smallest absolute Gasteiger partial charge is 0.283 e. The SMILES string of the molecule is O=S(=O)(OC1NCc2ccccc21)c1cc(Cl)cc(Cl)c1. The molecule has 1 atom stereocenters. The fraction of sp³-hybridized carbons (Fsp3) is 0.143. The number of fused-ring (bicyclic) bond motifs is 1. The highest BCUT2D eigenvalue weighted by atomic mass is 35.5. The molecule has 4 nitrogen and oxygen atoms in total. The van der Waals surface area contributed by atoms with Crippen molar-refractivity contribution in [2.75, 3.05) is 0 Å². The van der Waals surface area contributed by atoms with Gasteiger partial charge < -0.3 is 0 Å². The summed E-state index contributed by atoms with van der Waals surface area (Å²) in [5, 5.41) is 3.49. The van der Waals surface area contributed by atoms with E-state index in [4.69, 9.17) is 27.4 Å². The fourth-order valence-electron chi connectivity index (χ4n) is 2.20. The van der Waals surface area contributed by atoms with Gasteiger partial charge in [-0.05, 0) is 23.8 Å². The van der Waals surface area contributed by atoms with Crippen molar-refractivity contribution in [3.63, 3.8) is 0 Å². The summed E-state index contributed by atoms with van der Waals surface area (Å²) in [6.07, 6.45) is -0.705. The van der Waals surface area contributed by atoms with Crippen LogP contribution in [0.15, 0.2) is 47.4 Å². The Hall–Kier alpha value is -1.11. The second kappa shape index (κ2) is 5.59. The van der Waals surface area contributed by atoms with Crippen LogP contribution in [0.1, 0.15) is 17.4 Å². The Labute approximate surface area is 132 Å². The summed E-state index contributed by atoms with van der Waals surface area (Å²) in [4.78, 5) is -0.0637. The van der Waals surface area contributed by atoms with Gasteiger partial charge in [0.05, 0.1) is 4.90 Å². The second-order valence-corrected chi connectivity index (χ2v) is 7.06. The Morgan fingerprint density at radius 2 is 1.76 bits per heavy atom. The van der Waals surface area contributed by atoms with Gasteiger partial charge >= 0.3 is 0 Å². The number of benzene rings is 2. The summed E-state index contributed by atoms with van der Waals surface area (Å²) in [6.45, 7) is 0.562. The van der Waals surface area contributed by atoms with Crippen LogP contribution in [-0.4, -0.2) is 8.42 Å². The normalized spacial score (nSPS) is 17.7. The topological polar surface area (TPSA) is 55.4 Å². The van der Waals surface area contributed by atoms with E-state index in [1.54, 1.807) is 0 Å². The molecule has 1 aliphatic heterocycles. The highest BCUT2D eigenvalue weighted by Gasteiger charge is 2.28. The van der Waals surface area contributed by atoms with Gasteiger partial charge in [-0.2, -0.15) is 8.42 Å². The van der Waals surface area contributed by atoms with Gasteiger partial charge in [0, 0.05) is 22.2 Å². The van der Waals surface area contributed by atoms with E-state index >= 15 is 0 Å². The summed E-state index contributed by atoms with van der Waals surface area (Å²) in [6, 6.07) is 11.6. The molecule has 0 bridgehead atoms. The first-order valence-electron chi connectivity index (χ1n) is 6.16. The molecule has 1 N–H and O–H groups in total. The van der Waals surface area contributed by atoms with Crippen molar-refractivity contribution in [2.24, 2.45) is 0 Å². The van der Waals surface area contributed by atoms with Crippen LogP contribution in [0.2, 0.25) is 10.0 Å². The fourth-order valence-corrected chi connectivity index (χ4v) is 3.94. The van der Waals surface area contributed by atoms with E-state index in [0.29, 0.717) is 6.54 Å². The minimum Gasteiger partial charge on any atom is -0.283 e. The lowest BCUT2D eigenvalue weighted by atomic mass is 10.1. The number of halogens is 2. The lowest BCUT2D eigenvalue weighted by Gasteiger charge is -2.13. The molecule has 0 radical (unpaired) electrons. The van der Waals surface area contributed by atoms with Gasteiger partial charge in [0.25, 0.3) is 10.1 Å². The Kier molecular flexibility index (Phi) is 3.94. The Balaban J connectivity index is 1.91. The molecule has 0 aliphatic carbocycles. The summed E-state index contributed by atoms with van der Waals surface area (Å²) in [7, 11) is -3.96. The highest BCUT2D eigenvalue weighted by Crippen LogP contribution is 2.30. The maximum absolute atomic E-state index is 12.3. The Morgan fingerprint density at radius 1 is 1.10 bits per heavy atom. The van der Waals surface area contributed by atoms with E-state index < -0.39 is 16.3 Å². The van der Waals surface area contributed by atoms with Crippen LogP contribution < -0.4 is 5.32 Å². The summed E-state index contributed by atoms with van der Waals surface area (Å²) in [5.74, 6) is 0. The van der Waals surface area contributed by atoms with Crippen molar-refractivity contribution in [1.82, 2.24) is 5.32 Å². The predicted octanol–water partition coefficient (Wildman–Crippen LogP) is 3.50. The molecule has 2 aromatic carbocycles. The van der Waals surface area contributed by atoms with E-state index in [9.17, 15) is 8.42 Å². The molecule has 1 heterocycles. The third-order valence-corrected chi connectivity index (χ3v) is 4.86. The first-order chi connectivity index (χ1) is 9.95. The third-order valence-electron chi connectivity index (χ3n) is 3.16. The monoisotopic (exact) mass is 343 g/mol. The average Bonchev–Trinajstić information content (AvgIpc) is 2.81. The van der Waals surface area contributed by atoms with Gasteiger partial charge in [0.15, 0.2) is 6.23 Å². The lowest BCUT2D eigenvalue weighted by Crippen LogP contribution is -2.20. The van der Waals surface area contributed by atoms with Crippen LogP contribution in [0.4, 0.5) is 0 Å². The zero-order chi connectivity index (χ0) is 15.0. The maximum Gasteiger partial charge on any atom is 0.298 e. The predicted molar refractivity (Wildman–Crippen MR) is 80.8 cm³/mol. The zero-order valence-corrected chi connectivity index (χ0v) is 13.0. The molecule has 0 fully saturated rings. The molecule has 3 rings (SSSR count). The van der Waals surface area contributed by atoms with Gasteiger partial charge in [0.2, 0.25) is 0 Å². The number of rotatable bonds is 3. The Morgan fingerprint density at radius 3 is 2.48 bits per heavy atom. The highest BCUT2D eigenvalue weighted by molar-refractivity contribution is 7.86. The second-order valence-electron chi connectivity index (χ2n) is 4.62. The van der Waals surface area contributed by atoms with E-state index in [2.05, 4.69) is 5.32 Å². The van der Waals surface area contributed by atoms with E-state index in [0.717, 1.165) is 11.1 Å². The van der Waals surface area contributed by atoms with Crippen LogP contribution in [-0.2, 0) is 20.8 Å². The molecular weight excluding hydrogens is 333 g/mol. The van der Waals surface area contributed by atoms with Crippen molar-refractivity contribution >= 4 is 33.3 Å². The van der Waals surface area contributed by atoms with Gasteiger partial charge in [-0.1, -0.05) is 47.5 Å². The molecule has 7 heteroatoms. The molecule has 0 spiro atoms. The van der Waals surface area contributed by atoms with Gasteiger partial charge in [-0.25, -0.2) is 4.18 Å². The number of hydrogen-bond donors (Lipinski definition) is 1. The molecule has 1 aliphatic rings. The Bertz CT molecular complexity index is 772. The van der Waals surface area contributed by atoms with Crippen LogP contribution in [0, 0.1) is 0 Å². The summed E-state index contributed by atoms with van der Waals surface area (Å²) >= 11 is 11.7. The molecule has 21 heavy (non-hydrogen) atoms. The van der Waals surface area contributed by atoms with Gasteiger partial charge in [-0.3, -0.25) is 5.32 Å². The number of hydrogen-bond acceptors (Lipinski definition) is 4. The quantitative estimate of drug-likeness (QED) is 0.866. The largest absolute Gasteiger partial charge is 0.298 e. The summed E-state index contributed by atoms with van der Waals surface area (Å²) < 4.78 is 29.9. The minimum absolute atomic E-state index is 0.0637. The maximum atomic E-state index is 12.3. The zero-order valence-electron chi connectivity index (χ0n) is 10.7. The van der Waals surface area contributed by atoms with Crippen molar-refractivity contribution in [3.8, 4) is 0 Å². The van der Waals surface area contributed by atoms with Crippen molar-refractivity contribution in [2.45, 2.75) is 17.7 Å². The average molecular weight is 344 g/mol. The van der Waals surface area contributed by atoms with Gasteiger partial charge in [0.1, 0.15) is 0 Å². The van der Waals surface area contributed by atoms with Crippen molar-refractivity contribution in [1.29, 1.82) is 0 Å². The minimum atomic E-state index is -3.96. The van der Waals surface area contributed by atoms with Crippen LogP contribution in [0.25, 0.3) is 0 Å². The van der Waals surface area contributed by atoms with Gasteiger partial charge in [-0.15, -0.1) is 0 Å². The molecular formula is C14H11Cl2NO3S. The van der Waals surface area contributed by atoms with Crippen molar-refractivity contribution in [3.05, 3.63) is 63.6 Å².